The van der Waals surface area contributed by atoms with E-state index in [2.05, 4.69) is 5.32 Å². The van der Waals surface area contributed by atoms with Crippen molar-refractivity contribution < 1.29 is 24.2 Å². The number of carboxylic acids is 1. The van der Waals surface area contributed by atoms with Crippen LogP contribution in [0.5, 0.6) is 5.75 Å². The largest absolute Gasteiger partial charge is 0.494 e. The van der Waals surface area contributed by atoms with Gasteiger partial charge in [-0.1, -0.05) is 12.1 Å². The molecule has 0 saturated heterocycles. The first-order chi connectivity index (χ1) is 12.5. The second-order valence-electron chi connectivity index (χ2n) is 5.97. The number of carbonyl (C=O) groups is 2. The molecule has 0 spiro atoms. The average molecular weight is 357 g/mol. The van der Waals surface area contributed by atoms with Crippen LogP contribution in [0, 0.1) is 6.92 Å². The van der Waals surface area contributed by atoms with Gasteiger partial charge in [-0.3, -0.25) is 4.79 Å². The SMILES string of the molecule is COCc1cc(NC(=O)CCCOc2cccc(C)c2)cc(C(=O)O)c1. The molecule has 0 radical (unpaired) electrons. The summed E-state index contributed by atoms with van der Waals surface area (Å²) < 4.78 is 10.6. The molecule has 0 saturated carbocycles. The van der Waals surface area contributed by atoms with Gasteiger partial charge in [0, 0.05) is 19.2 Å². The van der Waals surface area contributed by atoms with Gasteiger partial charge in [-0.25, -0.2) is 4.79 Å². The number of aryl methyl sites for hydroxylation is 1. The van der Waals surface area contributed by atoms with Crippen LogP contribution in [-0.4, -0.2) is 30.7 Å². The first-order valence-corrected chi connectivity index (χ1v) is 8.33. The van der Waals surface area contributed by atoms with Gasteiger partial charge in [0.25, 0.3) is 0 Å². The Balaban J connectivity index is 1.85. The molecule has 0 bridgehead atoms. The molecule has 2 aromatic rings. The van der Waals surface area contributed by atoms with Crippen molar-refractivity contribution in [3.05, 3.63) is 59.2 Å². The van der Waals surface area contributed by atoms with E-state index < -0.39 is 5.97 Å². The average Bonchev–Trinajstić information content (AvgIpc) is 2.59. The zero-order valence-corrected chi connectivity index (χ0v) is 15.0. The summed E-state index contributed by atoms with van der Waals surface area (Å²) in [5.74, 6) is -0.461. The van der Waals surface area contributed by atoms with Crippen molar-refractivity contribution in [2.75, 3.05) is 19.0 Å². The minimum atomic E-state index is -1.05. The number of rotatable bonds is 9. The van der Waals surface area contributed by atoms with Gasteiger partial charge in [-0.05, 0) is 54.8 Å². The van der Waals surface area contributed by atoms with Crippen molar-refractivity contribution in [2.45, 2.75) is 26.4 Å². The van der Waals surface area contributed by atoms with Gasteiger partial charge in [0.15, 0.2) is 0 Å². The number of carboxylic acid groups (broad SMARTS) is 1. The monoisotopic (exact) mass is 357 g/mol. The Morgan fingerprint density at radius 3 is 2.65 bits per heavy atom. The van der Waals surface area contributed by atoms with Gasteiger partial charge in [0.05, 0.1) is 18.8 Å². The second kappa shape index (κ2) is 9.58. The molecular weight excluding hydrogens is 334 g/mol. The van der Waals surface area contributed by atoms with Crippen molar-refractivity contribution >= 4 is 17.6 Å². The van der Waals surface area contributed by atoms with E-state index in [9.17, 15) is 9.59 Å². The molecule has 0 atom stereocenters. The van der Waals surface area contributed by atoms with Crippen LogP contribution in [0.4, 0.5) is 5.69 Å². The molecule has 2 rings (SSSR count). The zero-order valence-electron chi connectivity index (χ0n) is 15.0. The summed E-state index contributed by atoms with van der Waals surface area (Å²) in [4.78, 5) is 23.3. The van der Waals surface area contributed by atoms with Crippen LogP contribution in [-0.2, 0) is 16.1 Å². The van der Waals surface area contributed by atoms with E-state index in [4.69, 9.17) is 14.6 Å². The topological polar surface area (TPSA) is 84.9 Å². The number of anilines is 1. The molecule has 6 nitrogen and oxygen atoms in total. The van der Waals surface area contributed by atoms with Crippen molar-refractivity contribution in [2.24, 2.45) is 0 Å². The lowest BCUT2D eigenvalue weighted by molar-refractivity contribution is -0.116. The lowest BCUT2D eigenvalue weighted by Crippen LogP contribution is -2.14. The maximum atomic E-state index is 12.1. The van der Waals surface area contributed by atoms with E-state index in [1.807, 2.05) is 31.2 Å². The normalized spacial score (nSPS) is 10.4. The van der Waals surface area contributed by atoms with Crippen LogP contribution in [0.1, 0.15) is 34.3 Å². The molecule has 2 aromatic carbocycles. The van der Waals surface area contributed by atoms with E-state index in [0.717, 1.165) is 11.3 Å². The van der Waals surface area contributed by atoms with Gasteiger partial charge >= 0.3 is 5.97 Å². The summed E-state index contributed by atoms with van der Waals surface area (Å²) in [5.41, 5.74) is 2.36. The van der Waals surface area contributed by atoms with Crippen LogP contribution < -0.4 is 10.1 Å². The fraction of sp³-hybridized carbons (Fsp3) is 0.300. The van der Waals surface area contributed by atoms with Crippen LogP contribution in [0.3, 0.4) is 0 Å². The Labute approximate surface area is 152 Å². The third-order valence-corrected chi connectivity index (χ3v) is 3.64. The van der Waals surface area contributed by atoms with Gasteiger partial charge < -0.3 is 19.9 Å². The number of carbonyl (C=O) groups excluding carboxylic acids is 1. The van der Waals surface area contributed by atoms with E-state index in [-0.39, 0.29) is 24.5 Å². The molecule has 26 heavy (non-hydrogen) atoms. The third kappa shape index (κ3) is 6.22. The minimum absolute atomic E-state index is 0.109. The standard InChI is InChI=1S/C20H23NO5/c1-14-5-3-6-18(9-14)26-8-4-7-19(22)21-17-11-15(13-25-2)10-16(12-17)20(23)24/h3,5-6,9-12H,4,7-8,13H2,1-2H3,(H,21,22)(H,23,24). The summed E-state index contributed by atoms with van der Waals surface area (Å²) in [7, 11) is 1.53. The Hall–Kier alpha value is -2.86. The number of amides is 1. The predicted octanol–water partition coefficient (Wildman–Crippen LogP) is 3.64. The molecule has 0 aliphatic rings. The summed E-state index contributed by atoms with van der Waals surface area (Å²) >= 11 is 0. The third-order valence-electron chi connectivity index (χ3n) is 3.64. The molecule has 138 valence electrons. The number of benzene rings is 2. The van der Waals surface area contributed by atoms with Gasteiger partial charge in [-0.15, -0.1) is 0 Å². The Bertz CT molecular complexity index is 773. The summed E-state index contributed by atoms with van der Waals surface area (Å²) in [6, 6.07) is 12.4. The Kier molecular flexibility index (Phi) is 7.17. The fourth-order valence-electron chi connectivity index (χ4n) is 2.49. The first-order valence-electron chi connectivity index (χ1n) is 8.33. The number of nitrogens with one attached hydrogen (secondary N) is 1. The molecule has 0 unspecified atom stereocenters. The van der Waals surface area contributed by atoms with E-state index in [1.165, 1.54) is 19.2 Å². The molecule has 0 aliphatic heterocycles. The van der Waals surface area contributed by atoms with E-state index >= 15 is 0 Å². The smallest absolute Gasteiger partial charge is 0.335 e. The maximum absolute atomic E-state index is 12.1. The van der Waals surface area contributed by atoms with Gasteiger partial charge in [0.2, 0.25) is 5.91 Å². The highest BCUT2D eigenvalue weighted by atomic mass is 16.5. The quantitative estimate of drug-likeness (QED) is 0.669. The Morgan fingerprint density at radius 1 is 1.15 bits per heavy atom. The highest BCUT2D eigenvalue weighted by Gasteiger charge is 2.09. The van der Waals surface area contributed by atoms with E-state index in [0.29, 0.717) is 24.3 Å². The van der Waals surface area contributed by atoms with Gasteiger partial charge in [-0.2, -0.15) is 0 Å². The molecular formula is C20H23NO5. The lowest BCUT2D eigenvalue weighted by atomic mass is 10.1. The summed E-state index contributed by atoms with van der Waals surface area (Å²) in [5, 5.41) is 11.9. The Morgan fingerprint density at radius 2 is 1.96 bits per heavy atom. The van der Waals surface area contributed by atoms with Crippen LogP contribution in [0.2, 0.25) is 0 Å². The molecule has 0 aliphatic carbocycles. The molecule has 1 amide bonds. The summed E-state index contributed by atoms with van der Waals surface area (Å²) in [6.07, 6.45) is 0.839. The molecule has 0 heterocycles. The molecule has 0 fully saturated rings. The predicted molar refractivity (Wildman–Crippen MR) is 98.7 cm³/mol. The molecule has 2 N–H and O–H groups in total. The zero-order chi connectivity index (χ0) is 18.9. The molecule has 6 heteroatoms. The van der Waals surface area contributed by atoms with Crippen molar-refractivity contribution in [3.63, 3.8) is 0 Å². The maximum Gasteiger partial charge on any atom is 0.335 e. The fourth-order valence-corrected chi connectivity index (χ4v) is 2.49. The second-order valence-corrected chi connectivity index (χ2v) is 5.97. The number of ether oxygens (including phenoxy) is 2. The number of hydrogen-bond donors (Lipinski definition) is 2. The van der Waals surface area contributed by atoms with Crippen molar-refractivity contribution in [1.29, 1.82) is 0 Å². The number of methoxy groups -OCH3 is 1. The number of aromatic carboxylic acids is 1. The summed E-state index contributed by atoms with van der Waals surface area (Å²) in [6.45, 7) is 2.69. The molecule has 0 aromatic heterocycles. The van der Waals surface area contributed by atoms with Crippen molar-refractivity contribution in [1.82, 2.24) is 0 Å². The lowest BCUT2D eigenvalue weighted by Gasteiger charge is -2.10. The highest BCUT2D eigenvalue weighted by molar-refractivity contribution is 5.94. The first kappa shape index (κ1) is 19.5. The number of hydrogen-bond acceptors (Lipinski definition) is 4. The van der Waals surface area contributed by atoms with Gasteiger partial charge in [0.1, 0.15) is 5.75 Å². The van der Waals surface area contributed by atoms with Crippen LogP contribution in [0.15, 0.2) is 42.5 Å². The van der Waals surface area contributed by atoms with Crippen LogP contribution in [0.25, 0.3) is 0 Å². The highest BCUT2D eigenvalue weighted by Crippen LogP contribution is 2.17. The van der Waals surface area contributed by atoms with Crippen molar-refractivity contribution in [3.8, 4) is 5.75 Å². The van der Waals surface area contributed by atoms with Crippen LogP contribution >= 0.6 is 0 Å². The minimum Gasteiger partial charge on any atom is -0.494 e. The van der Waals surface area contributed by atoms with E-state index in [1.54, 1.807) is 6.07 Å².